The van der Waals surface area contributed by atoms with Crippen molar-refractivity contribution >= 4 is 23.4 Å². The Balaban J connectivity index is 1.59. The quantitative estimate of drug-likeness (QED) is 0.725. The van der Waals surface area contributed by atoms with Gasteiger partial charge in [-0.1, -0.05) is 42.1 Å². The first-order valence-electron chi connectivity index (χ1n) is 7.15. The van der Waals surface area contributed by atoms with Crippen LogP contribution < -0.4 is 5.32 Å². The van der Waals surface area contributed by atoms with E-state index >= 15 is 0 Å². The molecule has 0 aliphatic carbocycles. The minimum atomic E-state index is -0.209. The summed E-state index contributed by atoms with van der Waals surface area (Å²) in [7, 11) is 0. The molecule has 6 nitrogen and oxygen atoms in total. The van der Waals surface area contributed by atoms with Crippen LogP contribution in [0, 0.1) is 11.3 Å². The number of nitrogens with one attached hydrogen (secondary N) is 1. The number of nitriles is 1. The first-order valence-corrected chi connectivity index (χ1v) is 8.13. The van der Waals surface area contributed by atoms with E-state index in [9.17, 15) is 4.79 Å². The third kappa shape index (κ3) is 3.80. The lowest BCUT2D eigenvalue weighted by atomic mass is 10.2. The van der Waals surface area contributed by atoms with Gasteiger partial charge in [-0.15, -0.1) is 5.10 Å². The van der Waals surface area contributed by atoms with E-state index in [-0.39, 0.29) is 11.7 Å². The number of hydrogen-bond donors (Lipinski definition) is 1. The maximum absolute atomic E-state index is 12.0. The number of hydrogen-bond acceptors (Lipinski definition) is 5. The summed E-state index contributed by atoms with van der Waals surface area (Å²) in [5.41, 5.74) is 1.85. The van der Waals surface area contributed by atoms with Crippen LogP contribution in [0.4, 0.5) is 5.69 Å². The topological polar surface area (TPSA) is 83.6 Å². The molecular weight excluding hydrogens is 322 g/mol. The van der Waals surface area contributed by atoms with E-state index in [2.05, 4.69) is 15.4 Å². The molecular formula is C17H13N5OS. The molecule has 0 radical (unpaired) electrons. The molecule has 0 fully saturated rings. The van der Waals surface area contributed by atoms with Gasteiger partial charge in [0.1, 0.15) is 12.4 Å². The van der Waals surface area contributed by atoms with Crippen LogP contribution in [0.25, 0.3) is 5.69 Å². The lowest BCUT2D eigenvalue weighted by Gasteiger charge is -2.05. The highest BCUT2D eigenvalue weighted by molar-refractivity contribution is 7.99. The molecule has 1 amide bonds. The average molecular weight is 335 g/mol. The molecule has 0 spiro atoms. The van der Waals surface area contributed by atoms with E-state index in [1.807, 2.05) is 36.4 Å². The van der Waals surface area contributed by atoms with Crippen molar-refractivity contribution < 1.29 is 4.79 Å². The van der Waals surface area contributed by atoms with Gasteiger partial charge in [0.15, 0.2) is 0 Å². The fourth-order valence-electron chi connectivity index (χ4n) is 2.03. The molecule has 1 heterocycles. The molecule has 0 aliphatic heterocycles. The molecule has 0 bridgehead atoms. The maximum atomic E-state index is 12.0. The summed E-state index contributed by atoms with van der Waals surface area (Å²) in [6.45, 7) is 0. The van der Waals surface area contributed by atoms with Gasteiger partial charge in [-0.2, -0.15) is 5.26 Å². The maximum Gasteiger partial charge on any atom is 0.234 e. The number of nitrogens with zero attached hydrogens (tertiary/aromatic N) is 4. The molecule has 0 saturated carbocycles. The van der Waals surface area contributed by atoms with Gasteiger partial charge >= 0.3 is 0 Å². The first-order chi connectivity index (χ1) is 11.8. The van der Waals surface area contributed by atoms with Crippen molar-refractivity contribution in [2.45, 2.75) is 5.16 Å². The molecule has 7 heteroatoms. The van der Waals surface area contributed by atoms with Gasteiger partial charge < -0.3 is 5.32 Å². The third-order valence-corrected chi connectivity index (χ3v) is 4.00. The highest BCUT2D eigenvalue weighted by Crippen LogP contribution is 2.17. The molecule has 24 heavy (non-hydrogen) atoms. The number of aromatic nitrogens is 3. The lowest BCUT2D eigenvalue weighted by Crippen LogP contribution is -2.15. The van der Waals surface area contributed by atoms with Gasteiger partial charge in [-0.05, 0) is 24.3 Å². The van der Waals surface area contributed by atoms with E-state index in [4.69, 9.17) is 5.26 Å². The number of amides is 1. The second-order valence-corrected chi connectivity index (χ2v) is 5.74. The van der Waals surface area contributed by atoms with Gasteiger partial charge in [0, 0.05) is 0 Å². The van der Waals surface area contributed by atoms with Crippen LogP contribution in [0.3, 0.4) is 0 Å². The summed E-state index contributed by atoms with van der Waals surface area (Å²) >= 11 is 1.24. The average Bonchev–Trinajstić information content (AvgIpc) is 3.10. The molecule has 0 aliphatic rings. The lowest BCUT2D eigenvalue weighted by molar-refractivity contribution is -0.113. The van der Waals surface area contributed by atoms with Crippen molar-refractivity contribution in [2.75, 3.05) is 11.1 Å². The number of rotatable bonds is 5. The SMILES string of the molecule is N#Cc1ccccc1NC(=O)CSc1ncn(-c2ccccc2)n1. The summed E-state index contributed by atoms with van der Waals surface area (Å²) < 4.78 is 1.66. The van der Waals surface area contributed by atoms with Crippen molar-refractivity contribution in [2.24, 2.45) is 0 Å². The number of carbonyl (C=O) groups is 1. The van der Waals surface area contributed by atoms with E-state index < -0.39 is 0 Å². The zero-order chi connectivity index (χ0) is 16.8. The Kier molecular flexibility index (Phi) is 4.89. The van der Waals surface area contributed by atoms with Gasteiger partial charge in [-0.3, -0.25) is 4.79 Å². The van der Waals surface area contributed by atoms with Crippen molar-refractivity contribution in [1.82, 2.24) is 14.8 Å². The fraction of sp³-hybridized carbons (Fsp3) is 0.0588. The minimum Gasteiger partial charge on any atom is -0.324 e. The monoisotopic (exact) mass is 335 g/mol. The van der Waals surface area contributed by atoms with E-state index in [0.717, 1.165) is 5.69 Å². The highest BCUT2D eigenvalue weighted by Gasteiger charge is 2.09. The molecule has 1 N–H and O–H groups in total. The molecule has 2 aromatic carbocycles. The number of para-hydroxylation sites is 2. The minimum absolute atomic E-state index is 0.165. The molecule has 0 atom stereocenters. The molecule has 1 aromatic heterocycles. The van der Waals surface area contributed by atoms with Crippen LogP contribution in [-0.4, -0.2) is 26.4 Å². The van der Waals surface area contributed by atoms with Crippen LogP contribution in [0.2, 0.25) is 0 Å². The van der Waals surface area contributed by atoms with Crippen LogP contribution in [-0.2, 0) is 4.79 Å². The number of anilines is 1. The van der Waals surface area contributed by atoms with Crippen molar-refractivity contribution in [3.05, 3.63) is 66.5 Å². The Morgan fingerprint density at radius 1 is 1.17 bits per heavy atom. The Labute approximate surface area is 143 Å². The van der Waals surface area contributed by atoms with Gasteiger partial charge in [0.2, 0.25) is 11.1 Å². The summed E-state index contributed by atoms with van der Waals surface area (Å²) in [6, 6.07) is 18.5. The van der Waals surface area contributed by atoms with E-state index in [1.54, 1.807) is 35.3 Å². The van der Waals surface area contributed by atoms with Gasteiger partial charge in [0.25, 0.3) is 0 Å². The Morgan fingerprint density at radius 3 is 2.71 bits per heavy atom. The molecule has 0 saturated heterocycles. The van der Waals surface area contributed by atoms with E-state index in [0.29, 0.717) is 16.4 Å². The van der Waals surface area contributed by atoms with Gasteiger partial charge in [0.05, 0.1) is 22.7 Å². The van der Waals surface area contributed by atoms with Crippen LogP contribution in [0.5, 0.6) is 0 Å². The molecule has 3 aromatic rings. The van der Waals surface area contributed by atoms with Crippen LogP contribution in [0.1, 0.15) is 5.56 Å². The molecule has 3 rings (SSSR count). The zero-order valence-corrected chi connectivity index (χ0v) is 13.4. The Bertz CT molecular complexity index is 885. The smallest absolute Gasteiger partial charge is 0.234 e. The van der Waals surface area contributed by atoms with Crippen LogP contribution in [0.15, 0.2) is 66.1 Å². The standard InChI is InChI=1S/C17H13N5OS/c18-10-13-6-4-5-9-15(13)20-16(23)11-24-17-19-12-22(21-17)14-7-2-1-3-8-14/h1-9,12H,11H2,(H,20,23). The predicted molar refractivity (Wildman–Crippen MR) is 91.9 cm³/mol. The van der Waals surface area contributed by atoms with Gasteiger partial charge in [-0.25, -0.2) is 9.67 Å². The summed E-state index contributed by atoms with van der Waals surface area (Å²) in [4.78, 5) is 16.2. The van der Waals surface area contributed by atoms with Crippen LogP contribution >= 0.6 is 11.8 Å². The third-order valence-electron chi connectivity index (χ3n) is 3.15. The van der Waals surface area contributed by atoms with E-state index in [1.165, 1.54) is 11.8 Å². The molecule has 118 valence electrons. The van der Waals surface area contributed by atoms with Crippen molar-refractivity contribution in [1.29, 1.82) is 5.26 Å². The largest absolute Gasteiger partial charge is 0.324 e. The number of carbonyl (C=O) groups excluding carboxylic acids is 1. The highest BCUT2D eigenvalue weighted by atomic mass is 32.2. The van der Waals surface area contributed by atoms with Crippen molar-refractivity contribution in [3.8, 4) is 11.8 Å². The summed E-state index contributed by atoms with van der Waals surface area (Å²) in [5, 5.41) is 16.6. The number of thioether (sulfide) groups is 1. The second kappa shape index (κ2) is 7.44. The number of benzene rings is 2. The predicted octanol–water partition coefficient (Wildman–Crippen LogP) is 2.87. The zero-order valence-electron chi connectivity index (χ0n) is 12.6. The normalized spacial score (nSPS) is 10.1. The first kappa shape index (κ1) is 15.8. The Morgan fingerprint density at radius 2 is 1.92 bits per heavy atom. The van der Waals surface area contributed by atoms with Crippen molar-refractivity contribution in [3.63, 3.8) is 0 Å². The summed E-state index contributed by atoms with van der Waals surface area (Å²) in [5.74, 6) is -0.0442. The fourth-order valence-corrected chi connectivity index (χ4v) is 2.62. The summed E-state index contributed by atoms with van der Waals surface area (Å²) in [6.07, 6.45) is 1.61. The second-order valence-electron chi connectivity index (χ2n) is 4.80. The Hall–Kier alpha value is -3.11. The molecule has 0 unspecified atom stereocenters.